The highest BCUT2D eigenvalue weighted by molar-refractivity contribution is 5.91. The van der Waals surface area contributed by atoms with E-state index in [2.05, 4.69) is 10.0 Å². The average Bonchev–Trinajstić information content (AvgIpc) is 2.79. The molecule has 0 N–H and O–H groups in total. The molecule has 0 spiro atoms. The van der Waals surface area contributed by atoms with Gasteiger partial charge in [0, 0.05) is 22.8 Å². The van der Waals surface area contributed by atoms with Gasteiger partial charge in [0.05, 0.1) is 18.7 Å². The maximum Gasteiger partial charge on any atom is 0.339 e. The summed E-state index contributed by atoms with van der Waals surface area (Å²) in [6, 6.07) is 5.46. The van der Waals surface area contributed by atoms with Crippen LogP contribution in [-0.4, -0.2) is 17.0 Å². The third-order valence-electron chi connectivity index (χ3n) is 2.49. The number of azide groups is 1. The molecular formula is C12H12N4O2. The van der Waals surface area contributed by atoms with E-state index in [0.717, 1.165) is 11.1 Å². The van der Waals surface area contributed by atoms with Gasteiger partial charge in [-0.05, 0) is 36.2 Å². The van der Waals surface area contributed by atoms with Crippen molar-refractivity contribution in [3.63, 3.8) is 0 Å². The van der Waals surface area contributed by atoms with Crippen molar-refractivity contribution >= 4 is 11.5 Å². The molecule has 6 heteroatoms. The lowest BCUT2D eigenvalue weighted by molar-refractivity contribution is 0.0526. The SMILES string of the molecule is CCOC(=O)c1cc2cc(CN=[N+]=[N-])ccn2c1. The number of esters is 1. The van der Waals surface area contributed by atoms with Crippen LogP contribution in [0.4, 0.5) is 0 Å². The molecule has 2 rings (SSSR count). The van der Waals surface area contributed by atoms with Crippen LogP contribution in [-0.2, 0) is 11.3 Å². The normalized spacial score (nSPS) is 10.1. The Bertz CT molecular complexity index is 626. The van der Waals surface area contributed by atoms with Crippen LogP contribution in [0.2, 0.25) is 0 Å². The summed E-state index contributed by atoms with van der Waals surface area (Å²) in [7, 11) is 0. The van der Waals surface area contributed by atoms with Gasteiger partial charge in [-0.15, -0.1) is 0 Å². The molecule has 2 heterocycles. The van der Waals surface area contributed by atoms with Crippen molar-refractivity contribution in [3.05, 3.63) is 52.2 Å². The summed E-state index contributed by atoms with van der Waals surface area (Å²) in [5, 5.41) is 3.50. The number of hydrogen-bond donors (Lipinski definition) is 0. The number of hydrogen-bond acceptors (Lipinski definition) is 3. The fourth-order valence-electron chi connectivity index (χ4n) is 1.69. The molecule has 0 radical (unpaired) electrons. The van der Waals surface area contributed by atoms with E-state index in [1.165, 1.54) is 0 Å². The summed E-state index contributed by atoms with van der Waals surface area (Å²) in [6.07, 6.45) is 3.53. The highest BCUT2D eigenvalue weighted by Gasteiger charge is 2.09. The van der Waals surface area contributed by atoms with Crippen molar-refractivity contribution < 1.29 is 9.53 Å². The molecule has 2 aromatic heterocycles. The Morgan fingerprint density at radius 1 is 1.56 bits per heavy atom. The van der Waals surface area contributed by atoms with Gasteiger partial charge in [0.2, 0.25) is 0 Å². The predicted molar refractivity (Wildman–Crippen MR) is 66.2 cm³/mol. The van der Waals surface area contributed by atoms with Gasteiger partial charge in [0.25, 0.3) is 0 Å². The topological polar surface area (TPSA) is 79.5 Å². The van der Waals surface area contributed by atoms with Gasteiger partial charge < -0.3 is 9.14 Å². The molecule has 0 aliphatic rings. The Labute approximate surface area is 103 Å². The van der Waals surface area contributed by atoms with Crippen molar-refractivity contribution in [1.82, 2.24) is 4.40 Å². The summed E-state index contributed by atoms with van der Waals surface area (Å²) in [5.41, 5.74) is 10.5. The van der Waals surface area contributed by atoms with Crippen molar-refractivity contribution in [1.29, 1.82) is 0 Å². The highest BCUT2D eigenvalue weighted by atomic mass is 16.5. The van der Waals surface area contributed by atoms with Gasteiger partial charge in [0.1, 0.15) is 0 Å². The number of ether oxygens (including phenoxy) is 1. The van der Waals surface area contributed by atoms with Crippen LogP contribution in [0, 0.1) is 0 Å². The molecule has 0 saturated carbocycles. The fourth-order valence-corrected chi connectivity index (χ4v) is 1.69. The van der Waals surface area contributed by atoms with Gasteiger partial charge in [0.15, 0.2) is 0 Å². The smallest absolute Gasteiger partial charge is 0.339 e. The van der Waals surface area contributed by atoms with Crippen molar-refractivity contribution in [2.75, 3.05) is 6.61 Å². The Morgan fingerprint density at radius 3 is 3.11 bits per heavy atom. The molecule has 0 saturated heterocycles. The summed E-state index contributed by atoms with van der Waals surface area (Å²) in [4.78, 5) is 14.3. The largest absolute Gasteiger partial charge is 0.462 e. The van der Waals surface area contributed by atoms with E-state index < -0.39 is 0 Å². The molecule has 18 heavy (non-hydrogen) atoms. The molecule has 6 nitrogen and oxygen atoms in total. The number of carbonyl (C=O) groups excluding carboxylic acids is 1. The molecule has 0 unspecified atom stereocenters. The molecule has 0 bridgehead atoms. The first kappa shape index (κ1) is 12.0. The second-order valence-corrected chi connectivity index (χ2v) is 3.71. The van der Waals surface area contributed by atoms with E-state index in [1.54, 1.807) is 19.2 Å². The van der Waals surface area contributed by atoms with Crippen LogP contribution < -0.4 is 0 Å². The number of fused-ring (bicyclic) bond motifs is 1. The Balaban J connectivity index is 2.33. The predicted octanol–water partition coefficient (Wildman–Crippen LogP) is 2.93. The zero-order valence-corrected chi connectivity index (χ0v) is 9.91. The summed E-state index contributed by atoms with van der Waals surface area (Å²) in [6.45, 7) is 2.42. The summed E-state index contributed by atoms with van der Waals surface area (Å²) < 4.78 is 6.76. The van der Waals surface area contributed by atoms with Crippen molar-refractivity contribution in [2.24, 2.45) is 5.11 Å². The molecule has 0 aliphatic carbocycles. The van der Waals surface area contributed by atoms with Gasteiger partial charge >= 0.3 is 5.97 Å². The second kappa shape index (κ2) is 5.25. The third-order valence-corrected chi connectivity index (χ3v) is 2.49. The Hall–Kier alpha value is -2.46. The van der Waals surface area contributed by atoms with E-state index in [9.17, 15) is 4.79 Å². The maximum absolute atomic E-state index is 11.6. The minimum Gasteiger partial charge on any atom is -0.462 e. The second-order valence-electron chi connectivity index (χ2n) is 3.71. The first-order valence-electron chi connectivity index (χ1n) is 5.53. The summed E-state index contributed by atoms with van der Waals surface area (Å²) in [5.74, 6) is -0.335. The standard InChI is InChI=1S/C12H12N4O2/c1-2-18-12(17)10-6-11-5-9(7-14-15-13)3-4-16(11)8-10/h3-6,8H,2,7H2,1H3. The minimum atomic E-state index is -0.335. The molecular weight excluding hydrogens is 232 g/mol. The zero-order chi connectivity index (χ0) is 13.0. The molecule has 0 aliphatic heterocycles. The van der Waals surface area contributed by atoms with Crippen LogP contribution in [0.5, 0.6) is 0 Å². The lowest BCUT2D eigenvalue weighted by Crippen LogP contribution is -2.02. The van der Waals surface area contributed by atoms with E-state index in [0.29, 0.717) is 18.7 Å². The van der Waals surface area contributed by atoms with E-state index in [4.69, 9.17) is 10.3 Å². The molecule has 2 aromatic rings. The van der Waals surface area contributed by atoms with Crippen molar-refractivity contribution in [3.8, 4) is 0 Å². The van der Waals surface area contributed by atoms with E-state index in [-0.39, 0.29) is 5.97 Å². The lowest BCUT2D eigenvalue weighted by Gasteiger charge is -1.97. The maximum atomic E-state index is 11.6. The van der Waals surface area contributed by atoms with Crippen LogP contribution in [0.15, 0.2) is 35.7 Å². The zero-order valence-electron chi connectivity index (χ0n) is 9.91. The third kappa shape index (κ3) is 2.44. The van der Waals surface area contributed by atoms with Gasteiger partial charge in [-0.2, -0.15) is 0 Å². The van der Waals surface area contributed by atoms with Gasteiger partial charge in [-0.1, -0.05) is 5.11 Å². The average molecular weight is 244 g/mol. The van der Waals surface area contributed by atoms with E-state index in [1.807, 2.05) is 22.7 Å². The number of pyridine rings is 1. The quantitative estimate of drug-likeness (QED) is 0.358. The number of aromatic nitrogens is 1. The number of rotatable bonds is 4. The monoisotopic (exact) mass is 244 g/mol. The fraction of sp³-hybridized carbons (Fsp3) is 0.250. The summed E-state index contributed by atoms with van der Waals surface area (Å²) >= 11 is 0. The van der Waals surface area contributed by atoms with Gasteiger partial charge in [-0.25, -0.2) is 4.79 Å². The first-order chi connectivity index (χ1) is 8.74. The highest BCUT2D eigenvalue weighted by Crippen LogP contribution is 2.14. The van der Waals surface area contributed by atoms with Crippen molar-refractivity contribution in [2.45, 2.75) is 13.5 Å². The molecule has 0 atom stereocenters. The molecule has 0 aromatic carbocycles. The lowest BCUT2D eigenvalue weighted by atomic mass is 10.2. The first-order valence-corrected chi connectivity index (χ1v) is 5.53. The van der Waals surface area contributed by atoms with Crippen LogP contribution in [0.3, 0.4) is 0 Å². The number of carbonyl (C=O) groups is 1. The van der Waals surface area contributed by atoms with E-state index >= 15 is 0 Å². The van der Waals surface area contributed by atoms with Gasteiger partial charge in [-0.3, -0.25) is 0 Å². The Morgan fingerprint density at radius 2 is 2.39 bits per heavy atom. The minimum absolute atomic E-state index is 0.299. The molecule has 0 fully saturated rings. The number of nitrogens with zero attached hydrogens (tertiary/aromatic N) is 4. The van der Waals surface area contributed by atoms with Crippen LogP contribution >= 0.6 is 0 Å². The van der Waals surface area contributed by atoms with Crippen LogP contribution in [0.25, 0.3) is 16.0 Å². The molecule has 92 valence electrons. The molecule has 0 amide bonds. The Kier molecular flexibility index (Phi) is 3.50. The van der Waals surface area contributed by atoms with Crippen LogP contribution in [0.1, 0.15) is 22.8 Å².